The molecule has 0 radical (unpaired) electrons. The normalized spacial score (nSPS) is 18.0. The summed E-state index contributed by atoms with van der Waals surface area (Å²) in [5.74, 6) is 0.877. The molecule has 31 heavy (non-hydrogen) atoms. The van der Waals surface area contributed by atoms with Crippen LogP contribution in [0.4, 0.5) is 16.6 Å². The lowest BCUT2D eigenvalue weighted by Gasteiger charge is -2.25. The minimum Gasteiger partial charge on any atom is -0.447 e. The predicted molar refractivity (Wildman–Crippen MR) is 121 cm³/mol. The average molecular weight is 460 g/mol. The summed E-state index contributed by atoms with van der Waals surface area (Å²) in [6, 6.07) is 8.95. The molecule has 0 saturated carbocycles. The van der Waals surface area contributed by atoms with Gasteiger partial charge in [-0.3, -0.25) is 4.90 Å². The molecule has 0 aliphatic carbocycles. The maximum absolute atomic E-state index is 12.3. The molecule has 3 aromatic rings. The fourth-order valence-corrected chi connectivity index (χ4v) is 4.28. The number of nitrogens with one attached hydrogen (secondary N) is 1. The van der Waals surface area contributed by atoms with E-state index in [2.05, 4.69) is 20.3 Å². The van der Waals surface area contributed by atoms with E-state index in [4.69, 9.17) is 21.1 Å². The number of aromatic nitrogens is 3. The van der Waals surface area contributed by atoms with Gasteiger partial charge < -0.3 is 14.8 Å². The van der Waals surface area contributed by atoms with Crippen LogP contribution in [0.5, 0.6) is 0 Å². The fourth-order valence-electron chi connectivity index (χ4n) is 3.23. The average Bonchev–Trinajstić information content (AvgIpc) is 3.41. The van der Waals surface area contributed by atoms with Crippen molar-refractivity contribution in [2.75, 3.05) is 23.9 Å². The van der Waals surface area contributed by atoms with E-state index in [1.807, 2.05) is 44.3 Å². The third-order valence-electron chi connectivity index (χ3n) is 5.09. The van der Waals surface area contributed by atoms with Gasteiger partial charge in [-0.05, 0) is 32.0 Å². The molecule has 2 aromatic heterocycles. The van der Waals surface area contributed by atoms with Gasteiger partial charge in [0.2, 0.25) is 5.95 Å². The lowest BCUT2D eigenvalue weighted by atomic mass is 10.2. The van der Waals surface area contributed by atoms with E-state index in [0.29, 0.717) is 16.8 Å². The number of benzene rings is 1. The van der Waals surface area contributed by atoms with Gasteiger partial charge in [0.25, 0.3) is 0 Å². The Bertz CT molecular complexity index is 1060. The zero-order chi connectivity index (χ0) is 22.0. The van der Waals surface area contributed by atoms with E-state index in [-0.39, 0.29) is 24.8 Å². The van der Waals surface area contributed by atoms with Crippen molar-refractivity contribution in [3.8, 4) is 10.6 Å². The second-order valence-electron chi connectivity index (χ2n) is 7.13. The highest BCUT2D eigenvalue weighted by Crippen LogP contribution is 2.31. The predicted octanol–water partition coefficient (Wildman–Crippen LogP) is 4.79. The smallest absolute Gasteiger partial charge is 0.416 e. The van der Waals surface area contributed by atoms with Crippen LogP contribution in [0, 0.1) is 0 Å². The second-order valence-corrected chi connectivity index (χ2v) is 8.63. The van der Waals surface area contributed by atoms with E-state index in [0.717, 1.165) is 15.4 Å². The summed E-state index contributed by atoms with van der Waals surface area (Å²) in [5, 5.41) is 4.89. The number of amides is 1. The summed E-state index contributed by atoms with van der Waals surface area (Å²) < 4.78 is 10.6. The van der Waals surface area contributed by atoms with Gasteiger partial charge in [-0.1, -0.05) is 23.7 Å². The molecule has 1 fully saturated rings. The van der Waals surface area contributed by atoms with Crippen molar-refractivity contribution in [1.29, 1.82) is 0 Å². The van der Waals surface area contributed by atoms with Gasteiger partial charge >= 0.3 is 6.09 Å². The molecule has 1 aliphatic rings. The highest BCUT2D eigenvalue weighted by atomic mass is 35.5. The molecular formula is C21H22ClN5O3S. The summed E-state index contributed by atoms with van der Waals surface area (Å²) in [7, 11) is 1.60. The molecule has 1 N–H and O–H groups in total. The number of hydrogen-bond donors (Lipinski definition) is 1. The maximum Gasteiger partial charge on any atom is 0.416 e. The highest BCUT2D eigenvalue weighted by molar-refractivity contribution is 7.15. The number of anilines is 2. The molecule has 1 aromatic carbocycles. The monoisotopic (exact) mass is 459 g/mol. The van der Waals surface area contributed by atoms with Crippen LogP contribution in [0.3, 0.4) is 0 Å². The van der Waals surface area contributed by atoms with E-state index in [9.17, 15) is 4.79 Å². The van der Waals surface area contributed by atoms with Gasteiger partial charge in [-0.25, -0.2) is 14.8 Å². The number of halogens is 1. The van der Waals surface area contributed by atoms with Gasteiger partial charge in [0.05, 0.1) is 12.1 Å². The van der Waals surface area contributed by atoms with Crippen molar-refractivity contribution in [3.05, 3.63) is 52.6 Å². The van der Waals surface area contributed by atoms with Crippen molar-refractivity contribution in [3.63, 3.8) is 0 Å². The van der Waals surface area contributed by atoms with Crippen LogP contribution in [0.15, 0.2) is 42.7 Å². The number of hydrogen-bond acceptors (Lipinski definition) is 8. The van der Waals surface area contributed by atoms with Crippen LogP contribution in [0.1, 0.15) is 24.8 Å². The molecular weight excluding hydrogens is 438 g/mol. The molecule has 0 bridgehead atoms. The Labute approximate surface area is 189 Å². The third kappa shape index (κ3) is 4.63. The number of nitrogens with zero attached hydrogens (tertiary/aromatic N) is 4. The number of thiazole rings is 1. The van der Waals surface area contributed by atoms with E-state index >= 15 is 0 Å². The molecule has 3 atom stereocenters. The summed E-state index contributed by atoms with van der Waals surface area (Å²) in [6.45, 7) is 4.16. The summed E-state index contributed by atoms with van der Waals surface area (Å²) in [4.78, 5) is 28.2. The number of carbonyl (C=O) groups excluding carboxylic acids is 1. The zero-order valence-corrected chi connectivity index (χ0v) is 18.9. The number of cyclic esters (lactones) is 1. The largest absolute Gasteiger partial charge is 0.447 e. The second kappa shape index (κ2) is 9.17. The molecule has 1 aliphatic heterocycles. The highest BCUT2D eigenvalue weighted by Gasteiger charge is 2.39. The first-order valence-corrected chi connectivity index (χ1v) is 11.0. The summed E-state index contributed by atoms with van der Waals surface area (Å²) >= 11 is 7.55. The molecule has 1 unspecified atom stereocenters. The molecule has 4 rings (SSSR count). The molecule has 0 spiro atoms. The van der Waals surface area contributed by atoms with Crippen LogP contribution in [0.25, 0.3) is 10.6 Å². The van der Waals surface area contributed by atoms with Crippen molar-refractivity contribution in [2.24, 2.45) is 0 Å². The van der Waals surface area contributed by atoms with Crippen LogP contribution >= 0.6 is 22.9 Å². The van der Waals surface area contributed by atoms with Gasteiger partial charge in [0.1, 0.15) is 23.5 Å². The van der Waals surface area contributed by atoms with Gasteiger partial charge in [0, 0.05) is 35.0 Å². The first-order chi connectivity index (χ1) is 15.0. The van der Waals surface area contributed by atoms with Crippen molar-refractivity contribution >= 4 is 40.8 Å². The maximum atomic E-state index is 12.3. The Hall–Kier alpha value is -2.75. The zero-order valence-electron chi connectivity index (χ0n) is 17.3. The first kappa shape index (κ1) is 21.5. The number of methoxy groups -OCH3 is 1. The van der Waals surface area contributed by atoms with Crippen LogP contribution in [-0.4, -0.2) is 46.9 Å². The topological polar surface area (TPSA) is 89.5 Å². The SMILES string of the molecule is CO[C@H](C)C1COC(=O)N1c1ccnc(N[C@@H](C)c2cnc(-c3ccc(Cl)cc3)s2)n1. The lowest BCUT2D eigenvalue weighted by molar-refractivity contribution is 0.0881. The molecule has 3 heterocycles. The van der Waals surface area contributed by atoms with E-state index < -0.39 is 6.09 Å². The molecule has 1 saturated heterocycles. The van der Waals surface area contributed by atoms with Crippen LogP contribution in [-0.2, 0) is 9.47 Å². The Morgan fingerprint density at radius 1 is 1.26 bits per heavy atom. The van der Waals surface area contributed by atoms with Crippen LogP contribution in [0.2, 0.25) is 5.02 Å². The molecule has 162 valence electrons. The van der Waals surface area contributed by atoms with Gasteiger partial charge in [0.15, 0.2) is 0 Å². The quantitative estimate of drug-likeness (QED) is 0.543. The van der Waals surface area contributed by atoms with Crippen molar-refractivity contribution in [2.45, 2.75) is 32.0 Å². The Morgan fingerprint density at radius 2 is 2.03 bits per heavy atom. The first-order valence-electron chi connectivity index (χ1n) is 9.76. The Kier molecular flexibility index (Phi) is 6.35. The summed E-state index contributed by atoms with van der Waals surface area (Å²) in [6.07, 6.45) is 2.81. The third-order valence-corrected chi connectivity index (χ3v) is 6.58. The standard InChI is InChI=1S/C21H22ClN5O3S/c1-12(17-10-24-19(31-17)14-4-6-15(22)7-5-14)25-20-23-9-8-18(26-20)27-16(13(2)29-3)11-30-21(27)28/h4-10,12-13,16H,11H2,1-3H3,(H,23,25,26)/t12-,13+,16?/m0/s1. The van der Waals surface area contributed by atoms with Crippen LogP contribution < -0.4 is 10.2 Å². The molecule has 1 amide bonds. The minimum atomic E-state index is -0.443. The van der Waals surface area contributed by atoms with Crippen molar-refractivity contribution < 1.29 is 14.3 Å². The van der Waals surface area contributed by atoms with Crippen molar-refractivity contribution in [1.82, 2.24) is 15.0 Å². The Morgan fingerprint density at radius 3 is 2.77 bits per heavy atom. The minimum absolute atomic E-state index is 0.0759. The van der Waals surface area contributed by atoms with E-state index in [1.54, 1.807) is 30.7 Å². The number of ether oxygens (including phenoxy) is 2. The number of rotatable bonds is 7. The van der Waals surface area contributed by atoms with Gasteiger partial charge in [-0.2, -0.15) is 4.98 Å². The van der Waals surface area contributed by atoms with E-state index in [1.165, 1.54) is 4.90 Å². The molecule has 8 nitrogen and oxygen atoms in total. The fraction of sp³-hybridized carbons (Fsp3) is 0.333. The summed E-state index contributed by atoms with van der Waals surface area (Å²) in [5.41, 5.74) is 1.01. The Balaban J connectivity index is 1.50. The number of carbonyl (C=O) groups is 1. The molecule has 10 heteroatoms. The van der Waals surface area contributed by atoms with Gasteiger partial charge in [-0.15, -0.1) is 11.3 Å². The lowest BCUT2D eigenvalue weighted by Crippen LogP contribution is -2.42.